The second-order valence-corrected chi connectivity index (χ2v) is 8.30. The normalized spacial score (nSPS) is 15.1. The van der Waals surface area contributed by atoms with Crippen molar-refractivity contribution in [3.63, 3.8) is 0 Å². The van der Waals surface area contributed by atoms with Gasteiger partial charge in [0.2, 0.25) is 0 Å². The van der Waals surface area contributed by atoms with E-state index in [2.05, 4.69) is 91.4 Å². The van der Waals surface area contributed by atoms with Gasteiger partial charge in [-0.05, 0) is 87.4 Å². The highest BCUT2D eigenvalue weighted by Crippen LogP contribution is 2.38. The molecule has 0 saturated carbocycles. The topological polar surface area (TPSA) is 27.6 Å². The molecule has 0 amide bonds. The van der Waals surface area contributed by atoms with Crippen LogP contribution in [0.15, 0.2) is 83.9 Å². The van der Waals surface area contributed by atoms with Gasteiger partial charge in [-0.3, -0.25) is 4.99 Å². The highest BCUT2D eigenvalue weighted by Gasteiger charge is 2.29. The Kier molecular flexibility index (Phi) is 5.45. The second kappa shape index (κ2) is 8.19. The van der Waals surface area contributed by atoms with Crippen molar-refractivity contribution in [1.29, 1.82) is 0 Å². The number of likely N-dealkylation sites (N-methyl/N-ethyl adjacent to an activating group) is 1. The number of hydrogen-bond acceptors (Lipinski definition) is 3. The fourth-order valence-corrected chi connectivity index (χ4v) is 4.23. The molecule has 3 aromatic rings. The molecular weight excluding hydrogens is 366 g/mol. The van der Waals surface area contributed by atoms with Gasteiger partial charge in [-0.25, -0.2) is 0 Å². The number of para-hydroxylation sites is 1. The third kappa shape index (κ3) is 4.16. The number of benzene rings is 3. The lowest BCUT2D eigenvalue weighted by Crippen LogP contribution is -2.44. The zero-order valence-corrected chi connectivity index (χ0v) is 18.2. The number of aliphatic imine (C=N–C) groups is 1. The van der Waals surface area contributed by atoms with Crippen LogP contribution < -0.4 is 10.2 Å². The minimum absolute atomic E-state index is 0.0387. The van der Waals surface area contributed by atoms with Crippen LogP contribution in [0, 0.1) is 0 Å². The van der Waals surface area contributed by atoms with E-state index in [4.69, 9.17) is 0 Å². The maximum absolute atomic E-state index is 4.68. The number of nitrogens with one attached hydrogen (secondary N) is 1. The van der Waals surface area contributed by atoms with Crippen LogP contribution in [0.5, 0.6) is 0 Å². The third-order valence-corrected chi connectivity index (χ3v) is 5.61. The number of fused-ring (bicyclic) bond motifs is 1. The monoisotopic (exact) mass is 395 g/mol. The molecule has 0 aliphatic carbocycles. The Morgan fingerprint density at radius 1 is 0.933 bits per heavy atom. The van der Waals surface area contributed by atoms with Gasteiger partial charge in [-0.2, -0.15) is 0 Å². The standard InChI is InChI=1S/C27H29N3/c1-5-30-26-16-11-21(17-25(26)20(2)18-27(30,3)4)19-28-22-12-14-24(15-13-22)29-23-9-7-6-8-10-23/h6-19,29H,5H2,1-4H3. The Hall–Kier alpha value is -3.33. The summed E-state index contributed by atoms with van der Waals surface area (Å²) in [5, 5.41) is 3.40. The molecule has 0 saturated heterocycles. The molecule has 0 atom stereocenters. The van der Waals surface area contributed by atoms with Crippen molar-refractivity contribution in [2.24, 2.45) is 4.99 Å². The van der Waals surface area contributed by atoms with Gasteiger partial charge in [0.25, 0.3) is 0 Å². The van der Waals surface area contributed by atoms with E-state index in [1.807, 2.05) is 36.5 Å². The van der Waals surface area contributed by atoms with Crippen molar-refractivity contribution >= 4 is 34.5 Å². The fourth-order valence-electron chi connectivity index (χ4n) is 4.23. The molecule has 0 unspecified atom stereocenters. The molecular formula is C27H29N3. The first kappa shape index (κ1) is 20.0. The average molecular weight is 396 g/mol. The molecule has 0 aromatic heterocycles. The molecule has 0 bridgehead atoms. The third-order valence-electron chi connectivity index (χ3n) is 5.61. The lowest BCUT2D eigenvalue weighted by atomic mass is 9.88. The summed E-state index contributed by atoms with van der Waals surface area (Å²) in [5.41, 5.74) is 8.15. The number of allylic oxidation sites excluding steroid dienone is 1. The lowest BCUT2D eigenvalue weighted by Gasteiger charge is -2.42. The number of anilines is 3. The fraction of sp³-hybridized carbons (Fsp3) is 0.222. The van der Waals surface area contributed by atoms with Crippen LogP contribution in [-0.2, 0) is 0 Å². The molecule has 0 radical (unpaired) electrons. The minimum atomic E-state index is 0.0387. The highest BCUT2D eigenvalue weighted by molar-refractivity contribution is 5.88. The SMILES string of the molecule is CCN1c2ccc(C=Nc3ccc(Nc4ccccc4)cc3)cc2C(C)=CC1(C)C. The van der Waals surface area contributed by atoms with Crippen molar-refractivity contribution in [3.8, 4) is 0 Å². The van der Waals surface area contributed by atoms with Gasteiger partial charge >= 0.3 is 0 Å². The van der Waals surface area contributed by atoms with Crippen molar-refractivity contribution in [1.82, 2.24) is 0 Å². The predicted molar refractivity (Wildman–Crippen MR) is 131 cm³/mol. The van der Waals surface area contributed by atoms with E-state index in [9.17, 15) is 0 Å². The smallest absolute Gasteiger partial charge is 0.0631 e. The van der Waals surface area contributed by atoms with E-state index >= 15 is 0 Å². The van der Waals surface area contributed by atoms with E-state index in [0.717, 1.165) is 29.2 Å². The van der Waals surface area contributed by atoms with Gasteiger partial charge in [0, 0.05) is 35.4 Å². The summed E-state index contributed by atoms with van der Waals surface area (Å²) < 4.78 is 0. The molecule has 1 N–H and O–H groups in total. The van der Waals surface area contributed by atoms with Crippen LogP contribution in [0.2, 0.25) is 0 Å². The molecule has 0 fully saturated rings. The van der Waals surface area contributed by atoms with Gasteiger partial charge in [0.05, 0.1) is 11.2 Å². The van der Waals surface area contributed by atoms with Gasteiger partial charge in [-0.15, -0.1) is 0 Å². The van der Waals surface area contributed by atoms with Crippen molar-refractivity contribution in [2.75, 3.05) is 16.8 Å². The first-order chi connectivity index (χ1) is 14.5. The maximum Gasteiger partial charge on any atom is 0.0631 e. The van der Waals surface area contributed by atoms with E-state index in [1.54, 1.807) is 0 Å². The zero-order chi connectivity index (χ0) is 21.1. The molecule has 3 nitrogen and oxygen atoms in total. The summed E-state index contributed by atoms with van der Waals surface area (Å²) in [4.78, 5) is 7.13. The highest BCUT2D eigenvalue weighted by atomic mass is 15.2. The lowest BCUT2D eigenvalue weighted by molar-refractivity contribution is 0.566. The Morgan fingerprint density at radius 2 is 1.63 bits per heavy atom. The summed E-state index contributed by atoms with van der Waals surface area (Å²) in [7, 11) is 0. The van der Waals surface area contributed by atoms with Crippen LogP contribution in [-0.4, -0.2) is 18.3 Å². The Labute approximate surface area is 179 Å². The molecule has 1 aliphatic heterocycles. The summed E-state index contributed by atoms with van der Waals surface area (Å²) in [6, 6.07) is 25.0. The number of hydrogen-bond donors (Lipinski definition) is 1. The van der Waals surface area contributed by atoms with Crippen LogP contribution in [0.3, 0.4) is 0 Å². The largest absolute Gasteiger partial charge is 0.363 e. The molecule has 30 heavy (non-hydrogen) atoms. The van der Waals surface area contributed by atoms with Gasteiger partial charge in [0.1, 0.15) is 0 Å². The zero-order valence-electron chi connectivity index (χ0n) is 18.2. The molecule has 1 heterocycles. The van der Waals surface area contributed by atoms with E-state index in [-0.39, 0.29) is 5.54 Å². The molecule has 0 spiro atoms. The average Bonchev–Trinajstić information content (AvgIpc) is 2.74. The van der Waals surface area contributed by atoms with Crippen LogP contribution >= 0.6 is 0 Å². The van der Waals surface area contributed by atoms with Crippen molar-refractivity contribution < 1.29 is 0 Å². The molecule has 4 rings (SSSR count). The van der Waals surface area contributed by atoms with Crippen molar-refractivity contribution in [2.45, 2.75) is 33.2 Å². The van der Waals surface area contributed by atoms with Gasteiger partial charge in [-0.1, -0.05) is 30.3 Å². The first-order valence-corrected chi connectivity index (χ1v) is 10.5. The predicted octanol–water partition coefficient (Wildman–Crippen LogP) is 7.20. The van der Waals surface area contributed by atoms with Crippen LogP contribution in [0.4, 0.5) is 22.7 Å². The Bertz CT molecular complexity index is 1080. The Balaban J connectivity index is 1.52. The summed E-state index contributed by atoms with van der Waals surface area (Å²) >= 11 is 0. The summed E-state index contributed by atoms with van der Waals surface area (Å²) in [6.07, 6.45) is 4.31. The van der Waals surface area contributed by atoms with Crippen LogP contribution in [0.1, 0.15) is 38.8 Å². The van der Waals surface area contributed by atoms with Crippen LogP contribution in [0.25, 0.3) is 5.57 Å². The minimum Gasteiger partial charge on any atom is -0.363 e. The number of nitrogens with zero attached hydrogens (tertiary/aromatic N) is 2. The van der Waals surface area contributed by atoms with E-state index < -0.39 is 0 Å². The summed E-state index contributed by atoms with van der Waals surface area (Å²) in [5.74, 6) is 0. The molecule has 3 heteroatoms. The number of rotatable bonds is 5. The van der Waals surface area contributed by atoms with E-state index in [1.165, 1.54) is 16.8 Å². The molecule has 3 aromatic carbocycles. The molecule has 152 valence electrons. The Morgan fingerprint density at radius 3 is 2.33 bits per heavy atom. The van der Waals surface area contributed by atoms with Gasteiger partial charge in [0.15, 0.2) is 0 Å². The first-order valence-electron chi connectivity index (χ1n) is 10.5. The second-order valence-electron chi connectivity index (χ2n) is 8.30. The van der Waals surface area contributed by atoms with Crippen molar-refractivity contribution in [3.05, 3.63) is 90.0 Å². The van der Waals surface area contributed by atoms with E-state index in [0.29, 0.717) is 0 Å². The quantitative estimate of drug-likeness (QED) is 0.462. The maximum atomic E-state index is 4.68. The van der Waals surface area contributed by atoms with Gasteiger partial charge < -0.3 is 10.2 Å². The summed E-state index contributed by atoms with van der Waals surface area (Å²) in [6.45, 7) is 9.95. The molecule has 1 aliphatic rings.